The number of hydrogen-bond acceptors (Lipinski definition) is 7. The van der Waals surface area contributed by atoms with Crippen LogP contribution in [0.5, 0.6) is 5.88 Å². The number of hydrogen-bond donors (Lipinski definition) is 0. The number of methoxy groups -OCH3 is 1. The van der Waals surface area contributed by atoms with Crippen molar-refractivity contribution in [2.24, 2.45) is 0 Å². The quantitative estimate of drug-likeness (QED) is 0.802. The molecule has 0 N–H and O–H groups in total. The average Bonchev–Trinajstić information content (AvgIpc) is 3.25. The van der Waals surface area contributed by atoms with Crippen molar-refractivity contribution in [1.82, 2.24) is 15.0 Å². The van der Waals surface area contributed by atoms with E-state index in [0.717, 1.165) is 18.4 Å². The van der Waals surface area contributed by atoms with Gasteiger partial charge in [-0.3, -0.25) is 9.78 Å². The molecule has 8 heteroatoms. The lowest BCUT2D eigenvalue weighted by Crippen LogP contribution is -2.46. The molecule has 2 fully saturated rings. The molecule has 1 aliphatic carbocycles. The Balaban J connectivity index is 1.50. The van der Waals surface area contributed by atoms with Gasteiger partial charge in [0.1, 0.15) is 6.10 Å². The van der Waals surface area contributed by atoms with Crippen molar-refractivity contribution in [3.8, 4) is 5.88 Å². The van der Waals surface area contributed by atoms with Gasteiger partial charge in [0.25, 0.3) is 11.8 Å². The standard InChI is InChI=1S/C18H21N3O5/c1-23-16-10-15(26-20-16)18(22)21-8-9-24-14-3-2-13(21)17(14)25-11-12-4-6-19-7-5-12/h4-7,10,13-14,17H,2-3,8-9,11H2,1H3/t13-,14-,17+/m0/s1. The van der Waals surface area contributed by atoms with Crippen LogP contribution < -0.4 is 4.74 Å². The van der Waals surface area contributed by atoms with E-state index in [-0.39, 0.29) is 35.8 Å². The summed E-state index contributed by atoms with van der Waals surface area (Å²) in [6, 6.07) is 5.30. The molecule has 0 aromatic carbocycles. The summed E-state index contributed by atoms with van der Waals surface area (Å²) in [5.41, 5.74) is 1.04. The van der Waals surface area contributed by atoms with Crippen LogP contribution in [0, 0.1) is 0 Å². The smallest absolute Gasteiger partial charge is 0.293 e. The van der Waals surface area contributed by atoms with E-state index in [1.165, 1.54) is 13.2 Å². The number of carbonyl (C=O) groups is 1. The Bertz CT molecular complexity index is 750. The molecule has 4 rings (SSSR count). The largest absolute Gasteiger partial charge is 0.479 e. The van der Waals surface area contributed by atoms with Gasteiger partial charge in [-0.05, 0) is 35.7 Å². The zero-order chi connectivity index (χ0) is 17.9. The van der Waals surface area contributed by atoms with E-state index < -0.39 is 0 Å². The van der Waals surface area contributed by atoms with E-state index in [9.17, 15) is 4.79 Å². The zero-order valence-corrected chi connectivity index (χ0v) is 14.5. The van der Waals surface area contributed by atoms with Gasteiger partial charge in [0, 0.05) is 18.9 Å². The topological polar surface area (TPSA) is 86.9 Å². The highest BCUT2D eigenvalue weighted by atomic mass is 16.5. The maximum absolute atomic E-state index is 12.9. The van der Waals surface area contributed by atoms with E-state index in [1.807, 2.05) is 12.1 Å². The normalized spacial score (nSPS) is 25.1. The summed E-state index contributed by atoms with van der Waals surface area (Å²) in [4.78, 5) is 18.7. The van der Waals surface area contributed by atoms with Crippen LogP contribution in [0.15, 0.2) is 35.1 Å². The van der Waals surface area contributed by atoms with E-state index in [4.69, 9.17) is 18.7 Å². The first-order valence-electron chi connectivity index (χ1n) is 8.70. The highest BCUT2D eigenvalue weighted by molar-refractivity contribution is 5.92. The molecule has 2 aromatic heterocycles. The van der Waals surface area contributed by atoms with Crippen molar-refractivity contribution >= 4 is 5.91 Å². The van der Waals surface area contributed by atoms with Crippen molar-refractivity contribution in [3.05, 3.63) is 41.9 Å². The lowest BCUT2D eigenvalue weighted by atomic mass is 10.1. The number of pyridine rings is 1. The summed E-state index contributed by atoms with van der Waals surface area (Å²) in [6.07, 6.45) is 5.02. The van der Waals surface area contributed by atoms with Crippen molar-refractivity contribution in [2.75, 3.05) is 20.3 Å². The maximum atomic E-state index is 12.9. The molecule has 0 spiro atoms. The summed E-state index contributed by atoms with van der Waals surface area (Å²) in [6.45, 7) is 1.44. The number of amides is 1. The molecule has 138 valence electrons. The lowest BCUT2D eigenvalue weighted by molar-refractivity contribution is -0.0598. The summed E-state index contributed by atoms with van der Waals surface area (Å²) in [5.74, 6) is 0.240. The minimum absolute atomic E-state index is 0.00361. The number of fused-ring (bicyclic) bond motifs is 2. The first kappa shape index (κ1) is 17.0. The van der Waals surface area contributed by atoms with Gasteiger partial charge >= 0.3 is 0 Å². The Morgan fingerprint density at radius 1 is 1.35 bits per heavy atom. The Morgan fingerprint density at radius 3 is 2.96 bits per heavy atom. The molecule has 3 atom stereocenters. The van der Waals surface area contributed by atoms with Crippen LogP contribution in [0.4, 0.5) is 0 Å². The second-order valence-electron chi connectivity index (χ2n) is 6.42. The summed E-state index contributed by atoms with van der Waals surface area (Å²) in [5, 5.41) is 3.72. The third kappa shape index (κ3) is 3.30. The van der Waals surface area contributed by atoms with E-state index in [2.05, 4.69) is 10.1 Å². The van der Waals surface area contributed by atoms with Crippen LogP contribution in [0.1, 0.15) is 29.0 Å². The zero-order valence-electron chi connectivity index (χ0n) is 14.5. The highest BCUT2D eigenvalue weighted by Crippen LogP contribution is 2.33. The number of rotatable bonds is 5. The summed E-state index contributed by atoms with van der Waals surface area (Å²) < 4.78 is 22.2. The third-order valence-electron chi connectivity index (χ3n) is 4.92. The monoisotopic (exact) mass is 359 g/mol. The molecule has 1 saturated heterocycles. The van der Waals surface area contributed by atoms with Crippen molar-refractivity contribution in [3.63, 3.8) is 0 Å². The average molecular weight is 359 g/mol. The molecule has 1 saturated carbocycles. The van der Waals surface area contributed by atoms with E-state index in [1.54, 1.807) is 17.3 Å². The second kappa shape index (κ2) is 7.43. The fraction of sp³-hybridized carbons (Fsp3) is 0.500. The maximum Gasteiger partial charge on any atom is 0.293 e. The Kier molecular flexibility index (Phi) is 4.85. The molecule has 1 aliphatic heterocycles. The van der Waals surface area contributed by atoms with Crippen LogP contribution >= 0.6 is 0 Å². The molecular formula is C18H21N3O5. The van der Waals surface area contributed by atoms with Gasteiger partial charge in [-0.2, -0.15) is 0 Å². The van der Waals surface area contributed by atoms with Crippen molar-refractivity contribution in [1.29, 1.82) is 0 Å². The van der Waals surface area contributed by atoms with Crippen LogP contribution in [0.3, 0.4) is 0 Å². The molecule has 26 heavy (non-hydrogen) atoms. The molecule has 8 nitrogen and oxygen atoms in total. The Morgan fingerprint density at radius 2 is 2.19 bits per heavy atom. The van der Waals surface area contributed by atoms with Gasteiger partial charge < -0.3 is 23.6 Å². The third-order valence-corrected chi connectivity index (χ3v) is 4.92. The fourth-order valence-corrected chi connectivity index (χ4v) is 3.63. The predicted molar refractivity (Wildman–Crippen MR) is 89.7 cm³/mol. The summed E-state index contributed by atoms with van der Waals surface area (Å²) in [7, 11) is 1.48. The number of aromatic nitrogens is 2. The minimum atomic E-state index is -0.213. The SMILES string of the molecule is COc1cc(C(=O)N2CCO[C@H]3CC[C@H]2[C@H]3OCc2ccncc2)on1. The molecule has 2 aliphatic rings. The predicted octanol–water partition coefficient (Wildman–Crippen LogP) is 1.67. The van der Waals surface area contributed by atoms with E-state index >= 15 is 0 Å². The Hall–Kier alpha value is -2.45. The molecule has 0 unspecified atom stereocenters. The van der Waals surface area contributed by atoms with Crippen molar-refractivity contribution in [2.45, 2.75) is 37.7 Å². The van der Waals surface area contributed by atoms with Crippen LogP contribution in [-0.4, -0.2) is 59.5 Å². The van der Waals surface area contributed by atoms with Gasteiger partial charge in [-0.15, -0.1) is 0 Å². The van der Waals surface area contributed by atoms with Gasteiger partial charge in [-0.25, -0.2) is 0 Å². The van der Waals surface area contributed by atoms with Crippen LogP contribution in [0.25, 0.3) is 0 Å². The lowest BCUT2D eigenvalue weighted by Gasteiger charge is -2.30. The number of nitrogens with zero attached hydrogens (tertiary/aromatic N) is 3. The minimum Gasteiger partial charge on any atom is -0.479 e. The molecule has 2 bridgehead atoms. The van der Waals surface area contributed by atoms with Gasteiger partial charge in [0.05, 0.1) is 38.5 Å². The van der Waals surface area contributed by atoms with E-state index in [0.29, 0.717) is 19.8 Å². The van der Waals surface area contributed by atoms with Crippen molar-refractivity contribution < 1.29 is 23.5 Å². The second-order valence-corrected chi connectivity index (χ2v) is 6.42. The summed E-state index contributed by atoms with van der Waals surface area (Å²) >= 11 is 0. The van der Waals surface area contributed by atoms with Crippen LogP contribution in [-0.2, 0) is 16.1 Å². The molecule has 3 heterocycles. The van der Waals surface area contributed by atoms with Crippen LogP contribution in [0.2, 0.25) is 0 Å². The molecular weight excluding hydrogens is 338 g/mol. The Labute approximate surface area is 151 Å². The fourth-order valence-electron chi connectivity index (χ4n) is 3.63. The van der Waals surface area contributed by atoms with Gasteiger partial charge in [0.2, 0.25) is 5.76 Å². The highest BCUT2D eigenvalue weighted by Gasteiger charge is 2.45. The van der Waals surface area contributed by atoms with Gasteiger partial charge in [0.15, 0.2) is 0 Å². The molecule has 1 amide bonds. The first-order chi connectivity index (χ1) is 12.8. The van der Waals surface area contributed by atoms with Gasteiger partial charge in [-0.1, -0.05) is 0 Å². The molecule has 0 radical (unpaired) electrons. The number of carbonyl (C=O) groups excluding carboxylic acids is 1. The first-order valence-corrected chi connectivity index (χ1v) is 8.70. The molecule has 2 aromatic rings. The number of ether oxygens (including phenoxy) is 3.